The number of amides is 1. The highest BCUT2D eigenvalue weighted by atomic mass is 35.5. The molecule has 3 heteroatoms. The molecule has 3 aromatic rings. The zero-order chi connectivity index (χ0) is 18.8. The summed E-state index contributed by atoms with van der Waals surface area (Å²) in [5.41, 5.74) is 5.58. The fraction of sp³-hybridized carbons (Fsp3) is 0.208. The molecule has 1 aliphatic rings. The van der Waals surface area contributed by atoms with Gasteiger partial charge in [-0.1, -0.05) is 67.1 Å². The van der Waals surface area contributed by atoms with Crippen LogP contribution >= 0.6 is 11.6 Å². The number of fused-ring (bicyclic) bond motifs is 1. The summed E-state index contributed by atoms with van der Waals surface area (Å²) in [5, 5.41) is 0.705. The van der Waals surface area contributed by atoms with Crippen LogP contribution in [0.3, 0.4) is 0 Å². The molecule has 27 heavy (non-hydrogen) atoms. The lowest BCUT2D eigenvalue weighted by Crippen LogP contribution is -2.40. The highest BCUT2D eigenvalue weighted by Crippen LogP contribution is 2.36. The first-order valence-electron chi connectivity index (χ1n) is 9.40. The highest BCUT2D eigenvalue weighted by Gasteiger charge is 2.32. The van der Waals surface area contributed by atoms with Crippen LogP contribution in [-0.4, -0.2) is 17.4 Å². The van der Waals surface area contributed by atoms with Crippen LogP contribution in [0.15, 0.2) is 72.8 Å². The van der Waals surface area contributed by atoms with E-state index in [2.05, 4.69) is 25.1 Å². The molecule has 0 aliphatic carbocycles. The highest BCUT2D eigenvalue weighted by molar-refractivity contribution is 6.30. The summed E-state index contributed by atoms with van der Waals surface area (Å²) >= 11 is 6.09. The van der Waals surface area contributed by atoms with E-state index >= 15 is 0 Å². The fourth-order valence-corrected chi connectivity index (χ4v) is 3.96. The number of benzene rings is 3. The summed E-state index contributed by atoms with van der Waals surface area (Å²) in [5.74, 6) is 0.0760. The number of carbonyl (C=O) groups is 1. The molecule has 0 aromatic heterocycles. The summed E-state index contributed by atoms with van der Waals surface area (Å²) < 4.78 is 0. The third-order valence-electron chi connectivity index (χ3n) is 5.34. The molecule has 0 saturated heterocycles. The van der Waals surface area contributed by atoms with Crippen molar-refractivity contribution in [2.24, 2.45) is 0 Å². The van der Waals surface area contributed by atoms with Crippen LogP contribution in [0.5, 0.6) is 0 Å². The lowest BCUT2D eigenvalue weighted by atomic mass is 9.87. The van der Waals surface area contributed by atoms with Gasteiger partial charge in [0.15, 0.2) is 0 Å². The van der Waals surface area contributed by atoms with E-state index in [4.69, 9.17) is 11.6 Å². The van der Waals surface area contributed by atoms with Crippen LogP contribution in [0.4, 0.5) is 0 Å². The number of rotatable bonds is 3. The Morgan fingerprint density at radius 3 is 2.41 bits per heavy atom. The SMILES string of the molecule is CCc1ccc(C(=O)N2CCc3ccccc3[C@H]2c2ccc(Cl)cc2)cc1. The van der Waals surface area contributed by atoms with Crippen LogP contribution in [0.25, 0.3) is 0 Å². The number of halogens is 1. The molecule has 3 aromatic carbocycles. The van der Waals surface area contributed by atoms with Gasteiger partial charge >= 0.3 is 0 Å². The van der Waals surface area contributed by atoms with Gasteiger partial charge in [-0.15, -0.1) is 0 Å². The van der Waals surface area contributed by atoms with Gasteiger partial charge in [-0.05, 0) is 59.4 Å². The lowest BCUT2D eigenvalue weighted by molar-refractivity contribution is 0.0694. The maximum Gasteiger partial charge on any atom is 0.254 e. The molecule has 0 spiro atoms. The van der Waals surface area contributed by atoms with E-state index < -0.39 is 0 Å². The quantitative estimate of drug-likeness (QED) is 0.575. The van der Waals surface area contributed by atoms with Crippen molar-refractivity contribution in [3.63, 3.8) is 0 Å². The Kier molecular flexibility index (Phi) is 5.00. The predicted molar refractivity (Wildman–Crippen MR) is 110 cm³/mol. The second kappa shape index (κ2) is 7.58. The minimum atomic E-state index is -0.0921. The monoisotopic (exact) mass is 375 g/mol. The van der Waals surface area contributed by atoms with Crippen molar-refractivity contribution in [2.75, 3.05) is 6.54 Å². The molecule has 0 fully saturated rings. The average Bonchev–Trinajstić information content (AvgIpc) is 2.73. The molecular weight excluding hydrogens is 354 g/mol. The molecule has 0 radical (unpaired) electrons. The average molecular weight is 376 g/mol. The molecule has 0 bridgehead atoms. The number of nitrogens with zero attached hydrogens (tertiary/aromatic N) is 1. The van der Waals surface area contributed by atoms with E-state index in [0.29, 0.717) is 11.6 Å². The van der Waals surface area contributed by atoms with Gasteiger partial charge in [-0.2, -0.15) is 0 Å². The number of hydrogen-bond acceptors (Lipinski definition) is 1. The molecule has 1 heterocycles. The maximum absolute atomic E-state index is 13.4. The molecule has 1 amide bonds. The van der Waals surface area contributed by atoms with Gasteiger partial charge in [0.05, 0.1) is 6.04 Å². The Labute approximate surface area is 165 Å². The zero-order valence-electron chi connectivity index (χ0n) is 15.4. The first kappa shape index (κ1) is 17.8. The molecule has 136 valence electrons. The van der Waals surface area contributed by atoms with Crippen LogP contribution in [0, 0.1) is 0 Å². The second-order valence-electron chi connectivity index (χ2n) is 6.95. The first-order valence-corrected chi connectivity index (χ1v) is 9.78. The summed E-state index contributed by atoms with van der Waals surface area (Å²) in [7, 11) is 0. The van der Waals surface area contributed by atoms with E-state index in [1.807, 2.05) is 59.5 Å². The largest absolute Gasteiger partial charge is 0.327 e. The Hall–Kier alpha value is -2.58. The third kappa shape index (κ3) is 3.50. The molecular formula is C24H22ClNO. The number of aryl methyl sites for hydroxylation is 1. The molecule has 1 aliphatic heterocycles. The summed E-state index contributed by atoms with van der Waals surface area (Å²) in [6.45, 7) is 2.83. The molecule has 4 rings (SSSR count). The molecule has 1 atom stereocenters. The minimum absolute atomic E-state index is 0.0760. The molecule has 0 saturated carbocycles. The topological polar surface area (TPSA) is 20.3 Å². The molecule has 0 N–H and O–H groups in total. The first-order chi connectivity index (χ1) is 13.2. The van der Waals surface area contributed by atoms with Gasteiger partial charge in [-0.25, -0.2) is 0 Å². The second-order valence-corrected chi connectivity index (χ2v) is 7.39. The van der Waals surface area contributed by atoms with E-state index in [1.54, 1.807) is 0 Å². The van der Waals surface area contributed by atoms with Crippen molar-refractivity contribution in [3.8, 4) is 0 Å². The van der Waals surface area contributed by atoms with E-state index in [1.165, 1.54) is 16.7 Å². The van der Waals surface area contributed by atoms with Gasteiger partial charge in [0.2, 0.25) is 0 Å². The predicted octanol–water partition coefficient (Wildman–Crippen LogP) is 5.69. The summed E-state index contributed by atoms with van der Waals surface area (Å²) in [6, 6.07) is 24.1. The lowest BCUT2D eigenvalue weighted by Gasteiger charge is -2.38. The zero-order valence-corrected chi connectivity index (χ0v) is 16.1. The fourth-order valence-electron chi connectivity index (χ4n) is 3.84. The Morgan fingerprint density at radius 2 is 1.70 bits per heavy atom. The molecule has 0 unspecified atom stereocenters. The van der Waals surface area contributed by atoms with Crippen molar-refractivity contribution in [2.45, 2.75) is 25.8 Å². The standard InChI is InChI=1S/C24H22ClNO/c1-2-17-7-9-20(10-8-17)24(27)26-16-15-18-5-3-4-6-22(18)23(26)19-11-13-21(25)14-12-19/h3-14,23H,2,15-16H2,1H3/t23-/m1/s1. The van der Waals surface area contributed by atoms with Gasteiger partial charge in [0.25, 0.3) is 5.91 Å². The van der Waals surface area contributed by atoms with Gasteiger partial charge in [-0.3, -0.25) is 4.79 Å². The van der Waals surface area contributed by atoms with Crippen molar-refractivity contribution in [3.05, 3.63) is 106 Å². The van der Waals surface area contributed by atoms with Gasteiger partial charge < -0.3 is 4.90 Å². The van der Waals surface area contributed by atoms with Crippen molar-refractivity contribution >= 4 is 17.5 Å². The van der Waals surface area contributed by atoms with Crippen LogP contribution < -0.4 is 0 Å². The Morgan fingerprint density at radius 1 is 1.00 bits per heavy atom. The van der Waals surface area contributed by atoms with Crippen molar-refractivity contribution in [1.29, 1.82) is 0 Å². The smallest absolute Gasteiger partial charge is 0.254 e. The maximum atomic E-state index is 13.4. The minimum Gasteiger partial charge on any atom is -0.327 e. The van der Waals surface area contributed by atoms with Crippen molar-refractivity contribution in [1.82, 2.24) is 4.90 Å². The number of carbonyl (C=O) groups excluding carboxylic acids is 1. The van der Waals surface area contributed by atoms with Gasteiger partial charge in [0.1, 0.15) is 0 Å². The van der Waals surface area contributed by atoms with Gasteiger partial charge in [0, 0.05) is 17.1 Å². The Balaban J connectivity index is 1.75. The number of hydrogen-bond donors (Lipinski definition) is 0. The normalized spacial score (nSPS) is 16.1. The third-order valence-corrected chi connectivity index (χ3v) is 5.59. The van der Waals surface area contributed by atoms with E-state index in [-0.39, 0.29) is 11.9 Å². The Bertz CT molecular complexity index is 947. The summed E-state index contributed by atoms with van der Waals surface area (Å²) in [4.78, 5) is 15.4. The van der Waals surface area contributed by atoms with E-state index in [0.717, 1.165) is 24.0 Å². The van der Waals surface area contributed by atoms with Crippen LogP contribution in [-0.2, 0) is 12.8 Å². The summed E-state index contributed by atoms with van der Waals surface area (Å²) in [6.07, 6.45) is 1.85. The molecule has 2 nitrogen and oxygen atoms in total. The van der Waals surface area contributed by atoms with Crippen LogP contribution in [0.1, 0.15) is 45.6 Å². The van der Waals surface area contributed by atoms with Crippen LogP contribution in [0.2, 0.25) is 5.02 Å². The van der Waals surface area contributed by atoms with Crippen molar-refractivity contribution < 1.29 is 4.79 Å². The van der Waals surface area contributed by atoms with E-state index in [9.17, 15) is 4.79 Å².